The first-order chi connectivity index (χ1) is 18.3. The second kappa shape index (κ2) is 10.2. The summed E-state index contributed by atoms with van der Waals surface area (Å²) in [6.07, 6.45) is 0. The number of carboxylic acids is 1. The van der Waals surface area contributed by atoms with E-state index in [4.69, 9.17) is 14.7 Å². The number of amides is 2. The van der Waals surface area contributed by atoms with E-state index in [1.165, 1.54) is 12.5 Å². The molecule has 1 fully saturated rings. The van der Waals surface area contributed by atoms with Crippen molar-refractivity contribution in [2.45, 2.75) is 16.6 Å². The van der Waals surface area contributed by atoms with Crippen molar-refractivity contribution in [3.05, 3.63) is 43.1 Å². The zero-order valence-corrected chi connectivity index (χ0v) is 20.5. The van der Waals surface area contributed by atoms with Crippen LogP contribution in [-0.4, -0.2) is 83.3 Å². The average molecular weight is 558 g/mol. The molecule has 2 aromatic heterocycles. The van der Waals surface area contributed by atoms with Crippen LogP contribution >= 0.6 is 34.9 Å². The van der Waals surface area contributed by atoms with Gasteiger partial charge in [-0.2, -0.15) is 4.98 Å². The molecule has 1 saturated heterocycles. The van der Waals surface area contributed by atoms with Crippen LogP contribution in [0.2, 0.25) is 0 Å². The van der Waals surface area contributed by atoms with Crippen LogP contribution in [0, 0.1) is 0 Å². The van der Waals surface area contributed by atoms with E-state index in [2.05, 4.69) is 20.4 Å². The summed E-state index contributed by atoms with van der Waals surface area (Å²) in [5, 5.41) is 18.5. The number of nitrogens with two attached hydrogens (primary N) is 1. The molecular formula is C18H18N8O7S3. The molecule has 2 amide bonds. The van der Waals surface area contributed by atoms with E-state index in [1.807, 2.05) is 5.10 Å². The molecule has 0 radical (unpaired) electrons. The Hall–Kier alpha value is -3.64. The summed E-state index contributed by atoms with van der Waals surface area (Å²) in [6, 6.07) is -1.08. The van der Waals surface area contributed by atoms with E-state index in [0.29, 0.717) is 16.4 Å². The maximum Gasteiger partial charge on any atom is 0.352 e. The van der Waals surface area contributed by atoms with Gasteiger partial charge < -0.3 is 21.0 Å². The van der Waals surface area contributed by atoms with Gasteiger partial charge in [0, 0.05) is 28.0 Å². The Bertz CT molecular complexity index is 1530. The zero-order chi connectivity index (χ0) is 28.6. The van der Waals surface area contributed by atoms with Gasteiger partial charge in [-0.25, -0.2) is 9.78 Å². The maximum atomic E-state index is 13.0. The van der Waals surface area contributed by atoms with Gasteiger partial charge in [-0.15, -0.1) is 23.1 Å². The highest BCUT2D eigenvalue weighted by molar-refractivity contribution is 8.01. The van der Waals surface area contributed by atoms with Crippen molar-refractivity contribution in [3.63, 3.8) is 0 Å². The average Bonchev–Trinajstić information content (AvgIpc) is 3.30. The number of carbonyl (C=O) groups excluding carboxylic acids is 2. The Balaban J connectivity index is 1.54. The van der Waals surface area contributed by atoms with Crippen LogP contribution in [0.5, 0.6) is 0 Å². The fraction of sp³-hybridized carbons (Fsp3) is 0.333. The molecule has 0 aromatic carbocycles. The van der Waals surface area contributed by atoms with E-state index in [-0.39, 0.29) is 44.5 Å². The molecule has 1 unspecified atom stereocenters. The number of aliphatic carboxylic acids is 1. The van der Waals surface area contributed by atoms with Crippen molar-refractivity contribution in [2.75, 3.05) is 24.3 Å². The quantitative estimate of drug-likeness (QED) is 0.0948. The minimum Gasteiger partial charge on any atom is -0.477 e. The predicted octanol–water partition coefficient (Wildman–Crippen LogP) is -1.61. The molecule has 15 nitrogen and oxygen atoms in total. The van der Waals surface area contributed by atoms with Crippen molar-refractivity contribution in [1.82, 2.24) is 30.0 Å². The Kier molecular flexibility index (Phi) is 6.10. The first kappa shape index (κ1) is 21.6. The standard InChI is InChI=1S/C18H18N8O7S3/c1-25-18(22-12(28)13(29)23-25)36-4-6-3-34-15-9(14(30)26(15)10(6)16(31)32)21-11(27)8(24-33-2)7-5-35-17(19)20-7/h5,9,15H,3-4H2,1-2H3,(H2,19,20)(H,21,27)(H,23,29)(H,31,32)/b24-8+/t9-,15?/m1/s1/i1D3. The normalized spacial score (nSPS) is 21.1. The lowest BCUT2D eigenvalue weighted by Crippen LogP contribution is -2.71. The van der Waals surface area contributed by atoms with Gasteiger partial charge in [0.2, 0.25) is 0 Å². The van der Waals surface area contributed by atoms with Crippen molar-refractivity contribution in [1.29, 1.82) is 0 Å². The number of carboxylic acid groups (broad SMARTS) is 1. The van der Waals surface area contributed by atoms with Crippen molar-refractivity contribution in [2.24, 2.45) is 12.1 Å². The summed E-state index contributed by atoms with van der Waals surface area (Å²) in [4.78, 5) is 74.4. The van der Waals surface area contributed by atoms with Crippen LogP contribution in [0.1, 0.15) is 9.81 Å². The summed E-state index contributed by atoms with van der Waals surface area (Å²) in [5.74, 6) is -2.96. The molecule has 2 aliphatic heterocycles. The molecule has 0 spiro atoms. The van der Waals surface area contributed by atoms with E-state index in [9.17, 15) is 29.1 Å². The summed E-state index contributed by atoms with van der Waals surface area (Å²) < 4.78 is 23.1. The number of nitrogens with one attached hydrogen (secondary N) is 2. The Morgan fingerprint density at radius 2 is 2.22 bits per heavy atom. The number of rotatable bonds is 8. The molecule has 2 aromatic rings. The number of aromatic amines is 1. The van der Waals surface area contributed by atoms with Gasteiger partial charge in [-0.05, 0) is 5.57 Å². The largest absolute Gasteiger partial charge is 0.477 e. The van der Waals surface area contributed by atoms with Gasteiger partial charge in [-0.1, -0.05) is 16.9 Å². The molecule has 18 heteroatoms. The fourth-order valence-electron chi connectivity index (χ4n) is 3.33. The second-order valence-corrected chi connectivity index (χ2v) is 10.0. The van der Waals surface area contributed by atoms with Crippen LogP contribution in [-0.2, 0) is 26.2 Å². The third-order valence-corrected chi connectivity index (χ3v) is 7.91. The lowest BCUT2D eigenvalue weighted by molar-refractivity contribution is -0.150. The summed E-state index contributed by atoms with van der Waals surface area (Å²) in [7, 11) is 1.22. The molecule has 2 aliphatic rings. The number of aryl methyl sites for hydroxylation is 1. The predicted molar refractivity (Wildman–Crippen MR) is 131 cm³/mol. The highest BCUT2D eigenvalue weighted by Gasteiger charge is 2.54. The van der Waals surface area contributed by atoms with E-state index < -0.39 is 47.3 Å². The number of hydrogen-bond donors (Lipinski definition) is 4. The zero-order valence-electron chi connectivity index (χ0n) is 21.1. The second-order valence-electron chi connectivity index (χ2n) is 7.08. The van der Waals surface area contributed by atoms with Gasteiger partial charge in [0.1, 0.15) is 29.9 Å². The van der Waals surface area contributed by atoms with Crippen LogP contribution in [0.25, 0.3) is 0 Å². The monoisotopic (exact) mass is 557 g/mol. The number of thiazole rings is 1. The summed E-state index contributed by atoms with van der Waals surface area (Å²) in [6.45, 7) is -2.87. The minimum absolute atomic E-state index is 0.0957. The molecule has 4 rings (SSSR count). The Morgan fingerprint density at radius 3 is 2.86 bits per heavy atom. The molecule has 0 saturated carbocycles. The van der Waals surface area contributed by atoms with Crippen molar-refractivity contribution >= 4 is 63.5 Å². The SMILES string of the molecule is [2H]C([2H])([2H])n1[nH]c(=O)c(=O)nc1SCC1=C(C(=O)O)N2C(=O)[C@@H](NC(=O)/C(=N/OC)c3csc(N)n3)C2SC1. The number of carbonyl (C=O) groups is 3. The number of aromatic nitrogens is 4. The molecule has 0 aliphatic carbocycles. The highest BCUT2D eigenvalue weighted by Crippen LogP contribution is 2.41. The van der Waals surface area contributed by atoms with Crippen LogP contribution in [0.4, 0.5) is 5.13 Å². The van der Waals surface area contributed by atoms with Gasteiger partial charge in [-0.3, -0.25) is 33.9 Å². The van der Waals surface area contributed by atoms with Gasteiger partial charge in [0.25, 0.3) is 11.8 Å². The molecule has 0 bridgehead atoms. The molecule has 190 valence electrons. The first-order valence-electron chi connectivity index (χ1n) is 11.2. The van der Waals surface area contributed by atoms with Crippen LogP contribution in [0.3, 0.4) is 0 Å². The van der Waals surface area contributed by atoms with E-state index in [1.54, 1.807) is 0 Å². The molecule has 5 N–H and O–H groups in total. The number of oxime groups is 1. The summed E-state index contributed by atoms with van der Waals surface area (Å²) in [5.41, 5.74) is 2.98. The highest BCUT2D eigenvalue weighted by atomic mass is 32.2. The van der Waals surface area contributed by atoms with Crippen LogP contribution < -0.4 is 22.2 Å². The number of thioether (sulfide) groups is 2. The number of β-lactam (4-membered cyclic amide) rings is 1. The maximum absolute atomic E-state index is 13.0. The Morgan fingerprint density at radius 1 is 1.44 bits per heavy atom. The number of hydrogen-bond acceptors (Lipinski definition) is 13. The fourth-order valence-corrected chi connectivity index (χ4v) is 6.22. The van der Waals surface area contributed by atoms with E-state index >= 15 is 0 Å². The van der Waals surface area contributed by atoms with Crippen LogP contribution in [0.15, 0.2) is 36.6 Å². The van der Waals surface area contributed by atoms with Gasteiger partial charge in [0.15, 0.2) is 16.0 Å². The molecular weight excluding hydrogens is 536 g/mol. The molecule has 36 heavy (non-hydrogen) atoms. The Labute approximate surface area is 218 Å². The van der Waals surface area contributed by atoms with Crippen molar-refractivity contribution in [3.8, 4) is 0 Å². The number of nitrogen functional groups attached to an aromatic ring is 1. The summed E-state index contributed by atoms with van der Waals surface area (Å²) >= 11 is 2.94. The lowest BCUT2D eigenvalue weighted by Gasteiger charge is -2.49. The number of nitrogens with zero attached hydrogens (tertiary/aromatic N) is 5. The smallest absolute Gasteiger partial charge is 0.352 e. The topological polar surface area (TPSA) is 215 Å². The molecule has 4 heterocycles. The molecule has 2 atom stereocenters. The third kappa shape index (κ3) is 4.73. The minimum atomic E-state index is -2.87. The van der Waals surface area contributed by atoms with Crippen molar-refractivity contribution < 1.29 is 28.4 Å². The number of anilines is 1. The first-order valence-corrected chi connectivity index (χ1v) is 12.6. The van der Waals surface area contributed by atoms with E-state index in [0.717, 1.165) is 28.0 Å². The third-order valence-electron chi connectivity index (χ3n) is 4.87. The van der Waals surface area contributed by atoms with Gasteiger partial charge in [0.05, 0.1) is 0 Å². The number of H-pyrrole nitrogens is 1. The van der Waals surface area contributed by atoms with Gasteiger partial charge >= 0.3 is 17.1 Å². The lowest BCUT2D eigenvalue weighted by atomic mass is 10.0. The number of fused-ring (bicyclic) bond motifs is 1.